The number of hydrogen-bond acceptors (Lipinski definition) is 4. The van der Waals surface area contributed by atoms with Crippen LogP contribution >= 0.6 is 0 Å². The number of halogens is 1. The molecule has 1 heterocycles. The highest BCUT2D eigenvalue weighted by Gasteiger charge is 2.36. The van der Waals surface area contributed by atoms with Crippen molar-refractivity contribution in [1.29, 1.82) is 0 Å². The first-order chi connectivity index (χ1) is 9.42. The highest BCUT2D eigenvalue weighted by atomic mass is 19.1. The van der Waals surface area contributed by atoms with Crippen molar-refractivity contribution in [2.24, 2.45) is 11.5 Å². The summed E-state index contributed by atoms with van der Waals surface area (Å²) in [4.78, 5) is 23.2. The van der Waals surface area contributed by atoms with Gasteiger partial charge >= 0.3 is 0 Å². The number of rotatable bonds is 3. The zero-order valence-corrected chi connectivity index (χ0v) is 10.8. The first-order valence-electron chi connectivity index (χ1n) is 6.20. The Hall–Kier alpha value is -1.99. The van der Waals surface area contributed by atoms with Gasteiger partial charge in [-0.3, -0.25) is 9.59 Å². The summed E-state index contributed by atoms with van der Waals surface area (Å²) in [6, 6.07) is 3.61. The molecule has 0 atom stereocenters. The van der Waals surface area contributed by atoms with Crippen LogP contribution in [0.3, 0.4) is 0 Å². The lowest BCUT2D eigenvalue weighted by molar-refractivity contribution is -0.124. The van der Waals surface area contributed by atoms with Gasteiger partial charge in [0.2, 0.25) is 5.91 Å². The minimum absolute atomic E-state index is 0.277. The normalized spacial score (nSPS) is 17.5. The highest BCUT2D eigenvalue weighted by molar-refractivity contribution is 6.00. The Morgan fingerprint density at radius 1 is 1.30 bits per heavy atom. The van der Waals surface area contributed by atoms with Crippen LogP contribution in [-0.4, -0.2) is 30.6 Å². The van der Waals surface area contributed by atoms with Crippen molar-refractivity contribution in [3.05, 3.63) is 29.6 Å². The molecule has 1 aromatic carbocycles. The Bertz CT molecular complexity index is 542. The Labute approximate surface area is 115 Å². The lowest BCUT2D eigenvalue weighted by Gasteiger charge is -2.31. The van der Waals surface area contributed by atoms with Crippen molar-refractivity contribution >= 4 is 17.5 Å². The first kappa shape index (κ1) is 14.4. The number of hydrogen-bond donors (Lipinski definition) is 3. The molecule has 0 saturated carbocycles. The van der Waals surface area contributed by atoms with E-state index in [1.807, 2.05) is 0 Å². The second-order valence-electron chi connectivity index (χ2n) is 4.78. The summed E-state index contributed by atoms with van der Waals surface area (Å²) in [5, 5.41) is 2.58. The molecule has 0 radical (unpaired) electrons. The zero-order chi connectivity index (χ0) is 14.8. The van der Waals surface area contributed by atoms with Gasteiger partial charge in [-0.15, -0.1) is 0 Å². The van der Waals surface area contributed by atoms with Crippen LogP contribution in [0.15, 0.2) is 18.2 Å². The van der Waals surface area contributed by atoms with E-state index in [1.165, 1.54) is 12.1 Å². The van der Waals surface area contributed by atoms with Crippen LogP contribution in [0, 0.1) is 5.82 Å². The van der Waals surface area contributed by atoms with Gasteiger partial charge in [0.25, 0.3) is 5.91 Å². The van der Waals surface area contributed by atoms with Gasteiger partial charge in [-0.05, 0) is 31.0 Å². The summed E-state index contributed by atoms with van der Waals surface area (Å²) < 4.78 is 18.5. The number of benzene rings is 1. The maximum absolute atomic E-state index is 13.3. The smallest absolute Gasteiger partial charge is 0.251 e. The second-order valence-corrected chi connectivity index (χ2v) is 4.78. The fraction of sp³-hybridized carbons (Fsp3) is 0.385. The van der Waals surface area contributed by atoms with Crippen molar-refractivity contribution in [3.63, 3.8) is 0 Å². The Morgan fingerprint density at radius 2 is 1.95 bits per heavy atom. The van der Waals surface area contributed by atoms with Gasteiger partial charge in [-0.25, -0.2) is 4.39 Å². The number of anilines is 1. The van der Waals surface area contributed by atoms with E-state index in [0.29, 0.717) is 26.1 Å². The van der Waals surface area contributed by atoms with Gasteiger partial charge in [-0.1, -0.05) is 0 Å². The fourth-order valence-electron chi connectivity index (χ4n) is 2.01. The van der Waals surface area contributed by atoms with E-state index in [-0.39, 0.29) is 17.2 Å². The summed E-state index contributed by atoms with van der Waals surface area (Å²) in [5.41, 5.74) is 10.1. The van der Waals surface area contributed by atoms with Crippen LogP contribution < -0.4 is 16.8 Å². The molecule has 6 nitrogen and oxygen atoms in total. The maximum atomic E-state index is 13.3. The second kappa shape index (κ2) is 5.56. The van der Waals surface area contributed by atoms with Crippen LogP contribution in [-0.2, 0) is 9.53 Å². The molecule has 0 unspecified atom stereocenters. The molecule has 108 valence electrons. The van der Waals surface area contributed by atoms with Crippen molar-refractivity contribution in [3.8, 4) is 0 Å². The summed E-state index contributed by atoms with van der Waals surface area (Å²) >= 11 is 0. The topological polar surface area (TPSA) is 107 Å². The number of carbonyl (C=O) groups excluding carboxylic acids is 2. The third-order valence-electron chi connectivity index (χ3n) is 3.33. The van der Waals surface area contributed by atoms with E-state index in [0.717, 1.165) is 6.07 Å². The fourth-order valence-corrected chi connectivity index (χ4v) is 2.01. The molecule has 0 aliphatic carbocycles. The number of carbonyl (C=O) groups is 2. The van der Waals surface area contributed by atoms with Gasteiger partial charge < -0.3 is 21.5 Å². The predicted octanol–water partition coefficient (Wildman–Crippen LogP) is 0.371. The Kier molecular flexibility index (Phi) is 4.01. The number of nitrogens with two attached hydrogens (primary N) is 2. The third kappa shape index (κ3) is 2.94. The summed E-state index contributed by atoms with van der Waals surface area (Å²) in [5.74, 6) is -2.01. The number of amides is 2. The lowest BCUT2D eigenvalue weighted by atomic mass is 9.90. The van der Waals surface area contributed by atoms with Gasteiger partial charge in [0.05, 0.1) is 5.56 Å². The molecule has 1 aliphatic heterocycles. The largest absolute Gasteiger partial charge is 0.381 e. The lowest BCUT2D eigenvalue weighted by Crippen LogP contribution is -2.54. The van der Waals surface area contributed by atoms with Crippen molar-refractivity contribution in [1.82, 2.24) is 0 Å². The van der Waals surface area contributed by atoms with Crippen LogP contribution in [0.1, 0.15) is 23.2 Å². The van der Waals surface area contributed by atoms with Crippen molar-refractivity contribution < 1.29 is 18.7 Å². The molecule has 2 amide bonds. The van der Waals surface area contributed by atoms with E-state index in [4.69, 9.17) is 16.2 Å². The molecule has 0 spiro atoms. The SMILES string of the molecule is NC(=O)c1cc(NC(=O)C2(N)CCOCC2)ccc1F. The van der Waals surface area contributed by atoms with E-state index in [9.17, 15) is 14.0 Å². The van der Waals surface area contributed by atoms with Crippen molar-refractivity contribution in [2.75, 3.05) is 18.5 Å². The molecule has 1 aromatic rings. The summed E-state index contributed by atoms with van der Waals surface area (Å²) in [6.45, 7) is 0.833. The summed E-state index contributed by atoms with van der Waals surface area (Å²) in [7, 11) is 0. The number of primary amides is 1. The standard InChI is InChI=1S/C13H16FN3O3/c14-10-2-1-8(7-9(10)11(15)18)17-12(19)13(16)3-5-20-6-4-13/h1-2,7H,3-6,16H2,(H2,15,18)(H,17,19). The van der Waals surface area contributed by atoms with E-state index in [1.54, 1.807) is 0 Å². The molecule has 0 bridgehead atoms. The highest BCUT2D eigenvalue weighted by Crippen LogP contribution is 2.21. The quantitative estimate of drug-likeness (QED) is 0.744. The van der Waals surface area contributed by atoms with Crippen LogP contribution in [0.25, 0.3) is 0 Å². The molecular weight excluding hydrogens is 265 g/mol. The molecule has 0 aromatic heterocycles. The van der Waals surface area contributed by atoms with Crippen LogP contribution in [0.2, 0.25) is 0 Å². The zero-order valence-electron chi connectivity index (χ0n) is 10.8. The molecule has 2 rings (SSSR count). The average molecular weight is 281 g/mol. The Balaban J connectivity index is 2.15. The van der Waals surface area contributed by atoms with Gasteiger partial charge in [0.1, 0.15) is 11.4 Å². The number of nitrogens with one attached hydrogen (secondary N) is 1. The Morgan fingerprint density at radius 3 is 2.55 bits per heavy atom. The number of ether oxygens (including phenoxy) is 1. The predicted molar refractivity (Wildman–Crippen MR) is 70.5 cm³/mol. The van der Waals surface area contributed by atoms with Crippen LogP contribution in [0.4, 0.5) is 10.1 Å². The third-order valence-corrected chi connectivity index (χ3v) is 3.33. The van der Waals surface area contributed by atoms with Crippen molar-refractivity contribution in [2.45, 2.75) is 18.4 Å². The minimum atomic E-state index is -1.01. The first-order valence-corrected chi connectivity index (χ1v) is 6.20. The molecule has 1 aliphatic rings. The van der Waals surface area contributed by atoms with E-state index >= 15 is 0 Å². The van der Waals surface area contributed by atoms with E-state index in [2.05, 4.69) is 5.32 Å². The van der Waals surface area contributed by atoms with Crippen LogP contribution in [0.5, 0.6) is 0 Å². The molecule has 1 saturated heterocycles. The molecule has 1 fully saturated rings. The minimum Gasteiger partial charge on any atom is -0.381 e. The average Bonchev–Trinajstić information content (AvgIpc) is 2.41. The summed E-state index contributed by atoms with van der Waals surface area (Å²) in [6.07, 6.45) is 0.811. The van der Waals surface area contributed by atoms with Gasteiger partial charge in [0.15, 0.2) is 0 Å². The van der Waals surface area contributed by atoms with Gasteiger partial charge in [-0.2, -0.15) is 0 Å². The molecule has 7 heteroatoms. The monoisotopic (exact) mass is 281 g/mol. The maximum Gasteiger partial charge on any atom is 0.251 e. The molecule has 20 heavy (non-hydrogen) atoms. The van der Waals surface area contributed by atoms with Gasteiger partial charge in [0, 0.05) is 18.9 Å². The van der Waals surface area contributed by atoms with E-state index < -0.39 is 17.3 Å². The molecular formula is C13H16FN3O3. The molecule has 5 N–H and O–H groups in total.